The Kier molecular flexibility index (Phi) is 4.58. The van der Waals surface area contributed by atoms with Gasteiger partial charge in [0.2, 0.25) is 0 Å². The van der Waals surface area contributed by atoms with E-state index in [-0.39, 0.29) is 12.6 Å². The molecule has 0 aliphatic heterocycles. The third kappa shape index (κ3) is 3.41. The molecular formula is C22H26ClN3O2. The van der Waals surface area contributed by atoms with Crippen molar-refractivity contribution >= 4 is 17.5 Å². The van der Waals surface area contributed by atoms with Crippen LogP contribution in [0.4, 0.5) is 0 Å². The molecule has 4 aliphatic carbocycles. The van der Waals surface area contributed by atoms with Crippen LogP contribution in [-0.2, 0) is 6.73 Å². The fourth-order valence-electron chi connectivity index (χ4n) is 5.79. The van der Waals surface area contributed by atoms with Crippen LogP contribution in [0.25, 0.3) is 0 Å². The van der Waals surface area contributed by atoms with E-state index in [0.717, 1.165) is 28.2 Å². The number of hydrogen-bond acceptors (Lipinski definition) is 3. The van der Waals surface area contributed by atoms with Crippen molar-refractivity contribution in [2.75, 3.05) is 0 Å². The molecule has 28 heavy (non-hydrogen) atoms. The topological polar surface area (TPSA) is 56.1 Å². The molecule has 2 aromatic rings. The first-order valence-electron chi connectivity index (χ1n) is 10.3. The van der Waals surface area contributed by atoms with E-state index >= 15 is 0 Å². The van der Waals surface area contributed by atoms with E-state index in [2.05, 4.69) is 10.4 Å². The fraction of sp³-hybridized carbons (Fsp3) is 0.545. The van der Waals surface area contributed by atoms with Crippen LogP contribution in [0, 0.1) is 30.6 Å². The molecular weight excluding hydrogens is 374 g/mol. The highest BCUT2D eigenvalue weighted by Gasteiger charge is 2.48. The third-order valence-electron chi connectivity index (χ3n) is 6.89. The van der Waals surface area contributed by atoms with Gasteiger partial charge in [-0.15, -0.1) is 0 Å². The van der Waals surface area contributed by atoms with Crippen LogP contribution in [-0.4, -0.2) is 21.7 Å². The largest absolute Gasteiger partial charge is 0.471 e. The van der Waals surface area contributed by atoms with Gasteiger partial charge in [0.1, 0.15) is 11.4 Å². The Bertz CT molecular complexity index is 866. The van der Waals surface area contributed by atoms with Crippen molar-refractivity contribution in [3.63, 3.8) is 0 Å². The van der Waals surface area contributed by atoms with Crippen molar-refractivity contribution in [3.8, 4) is 5.75 Å². The lowest BCUT2D eigenvalue weighted by molar-refractivity contribution is -0.0120. The van der Waals surface area contributed by atoms with Gasteiger partial charge in [-0.2, -0.15) is 5.10 Å². The second-order valence-electron chi connectivity index (χ2n) is 8.85. The maximum Gasteiger partial charge on any atom is 0.272 e. The lowest BCUT2D eigenvalue weighted by atomic mass is 9.54. The van der Waals surface area contributed by atoms with E-state index in [9.17, 15) is 4.79 Å². The summed E-state index contributed by atoms with van der Waals surface area (Å²) in [7, 11) is 0. The summed E-state index contributed by atoms with van der Waals surface area (Å²) in [6.45, 7) is 2.20. The summed E-state index contributed by atoms with van der Waals surface area (Å²) >= 11 is 6.04. The summed E-state index contributed by atoms with van der Waals surface area (Å²) in [4.78, 5) is 12.8. The maximum absolute atomic E-state index is 12.8. The van der Waals surface area contributed by atoms with Crippen LogP contribution in [0.3, 0.4) is 0 Å². The van der Waals surface area contributed by atoms with Gasteiger partial charge in [-0.05, 0) is 92.5 Å². The van der Waals surface area contributed by atoms with Crippen LogP contribution >= 0.6 is 11.6 Å². The average Bonchev–Trinajstić information content (AvgIpc) is 3.14. The minimum Gasteiger partial charge on any atom is -0.471 e. The zero-order valence-corrected chi connectivity index (χ0v) is 16.9. The van der Waals surface area contributed by atoms with Gasteiger partial charge in [-0.3, -0.25) is 4.79 Å². The molecule has 0 unspecified atom stereocenters. The Hall–Kier alpha value is -2.01. The molecule has 0 spiro atoms. The zero-order valence-electron chi connectivity index (χ0n) is 16.1. The van der Waals surface area contributed by atoms with E-state index in [1.54, 1.807) is 16.9 Å². The number of aryl methyl sites for hydroxylation is 1. The summed E-state index contributed by atoms with van der Waals surface area (Å²) in [5, 5.41) is 8.43. The average molecular weight is 400 g/mol. The Labute approximate surface area is 170 Å². The number of amides is 1. The molecule has 1 N–H and O–H groups in total. The highest BCUT2D eigenvalue weighted by molar-refractivity contribution is 6.31. The molecule has 4 aliphatic rings. The number of benzene rings is 1. The smallest absolute Gasteiger partial charge is 0.272 e. The molecule has 6 heteroatoms. The number of nitrogens with zero attached hydrogens (tertiary/aromatic N) is 2. The maximum atomic E-state index is 12.8. The third-order valence-corrected chi connectivity index (χ3v) is 7.31. The monoisotopic (exact) mass is 399 g/mol. The highest BCUT2D eigenvalue weighted by atomic mass is 35.5. The van der Waals surface area contributed by atoms with Crippen LogP contribution in [0.1, 0.15) is 48.2 Å². The molecule has 148 valence electrons. The first-order chi connectivity index (χ1) is 13.5. The van der Waals surface area contributed by atoms with E-state index in [0.29, 0.717) is 23.6 Å². The van der Waals surface area contributed by atoms with Crippen molar-refractivity contribution < 1.29 is 9.53 Å². The Balaban J connectivity index is 1.20. The summed E-state index contributed by atoms with van der Waals surface area (Å²) < 4.78 is 7.41. The predicted octanol–water partition coefficient (Wildman–Crippen LogP) is 4.44. The van der Waals surface area contributed by atoms with Crippen molar-refractivity contribution in [3.05, 3.63) is 46.7 Å². The summed E-state index contributed by atoms with van der Waals surface area (Å²) in [6, 6.07) is 7.64. The number of carbonyl (C=O) groups is 1. The SMILES string of the molecule is Cc1cc(OCn2ccc(C(=O)NC3C4CC5CC(C4)CC3C5)n2)ccc1Cl. The normalized spacial score (nSPS) is 30.4. The van der Waals surface area contributed by atoms with E-state index < -0.39 is 0 Å². The number of rotatable bonds is 5. The second-order valence-corrected chi connectivity index (χ2v) is 9.26. The molecule has 1 aromatic carbocycles. The van der Waals surface area contributed by atoms with Gasteiger partial charge in [0.05, 0.1) is 0 Å². The van der Waals surface area contributed by atoms with Gasteiger partial charge in [-0.25, -0.2) is 4.68 Å². The van der Waals surface area contributed by atoms with Gasteiger partial charge in [0, 0.05) is 17.3 Å². The molecule has 1 amide bonds. The van der Waals surface area contributed by atoms with Crippen LogP contribution in [0.15, 0.2) is 30.5 Å². The molecule has 1 aromatic heterocycles. The first-order valence-corrected chi connectivity index (χ1v) is 10.7. The van der Waals surface area contributed by atoms with Gasteiger partial charge in [0.25, 0.3) is 5.91 Å². The van der Waals surface area contributed by atoms with Crippen LogP contribution in [0.2, 0.25) is 5.02 Å². The van der Waals surface area contributed by atoms with Crippen LogP contribution < -0.4 is 10.1 Å². The number of nitrogens with one attached hydrogen (secondary N) is 1. The quantitative estimate of drug-likeness (QED) is 0.808. The number of aromatic nitrogens is 2. The molecule has 0 saturated heterocycles. The predicted molar refractivity (Wildman–Crippen MR) is 107 cm³/mol. The standard InChI is InChI=1S/C22H26ClN3O2/c1-13-6-18(2-3-19(13)23)28-12-26-5-4-20(25-26)22(27)24-21-16-8-14-7-15(10-16)11-17(21)9-14/h2-6,14-17,21H,7-12H2,1H3,(H,24,27). The Morgan fingerprint density at radius 2 is 1.89 bits per heavy atom. The van der Waals surface area contributed by atoms with Gasteiger partial charge in [0.15, 0.2) is 6.73 Å². The molecule has 5 nitrogen and oxygen atoms in total. The highest BCUT2D eigenvalue weighted by Crippen LogP contribution is 2.53. The van der Waals surface area contributed by atoms with E-state index in [1.165, 1.54) is 32.1 Å². The molecule has 4 bridgehead atoms. The fourth-order valence-corrected chi connectivity index (χ4v) is 5.91. The number of ether oxygens (including phenoxy) is 1. The Morgan fingerprint density at radius 3 is 2.57 bits per heavy atom. The molecule has 1 heterocycles. The van der Waals surface area contributed by atoms with Crippen molar-refractivity contribution in [2.45, 2.75) is 51.8 Å². The lowest BCUT2D eigenvalue weighted by Crippen LogP contribution is -2.55. The van der Waals surface area contributed by atoms with E-state index in [4.69, 9.17) is 16.3 Å². The van der Waals surface area contributed by atoms with E-state index in [1.807, 2.05) is 25.1 Å². The lowest BCUT2D eigenvalue weighted by Gasteiger charge is -2.54. The molecule has 0 radical (unpaired) electrons. The first kappa shape index (κ1) is 18.0. The second kappa shape index (κ2) is 7.11. The summed E-state index contributed by atoms with van der Waals surface area (Å²) in [5.41, 5.74) is 1.43. The van der Waals surface area contributed by atoms with Gasteiger partial charge < -0.3 is 10.1 Å². The van der Waals surface area contributed by atoms with Crippen LogP contribution in [0.5, 0.6) is 5.75 Å². The molecule has 4 saturated carbocycles. The number of carbonyl (C=O) groups excluding carboxylic acids is 1. The number of halogens is 1. The van der Waals surface area contributed by atoms with Gasteiger partial charge >= 0.3 is 0 Å². The van der Waals surface area contributed by atoms with Gasteiger partial charge in [-0.1, -0.05) is 11.6 Å². The zero-order chi connectivity index (χ0) is 19.3. The van der Waals surface area contributed by atoms with Crippen molar-refractivity contribution in [2.24, 2.45) is 23.7 Å². The summed E-state index contributed by atoms with van der Waals surface area (Å²) in [6.07, 6.45) is 8.38. The van der Waals surface area contributed by atoms with Crippen molar-refractivity contribution in [1.82, 2.24) is 15.1 Å². The minimum atomic E-state index is -0.0569. The summed E-state index contributed by atoms with van der Waals surface area (Å²) in [5.74, 6) is 3.82. The minimum absolute atomic E-state index is 0.0569. The molecule has 4 fully saturated rings. The molecule has 0 atom stereocenters. The van der Waals surface area contributed by atoms with Crippen molar-refractivity contribution in [1.29, 1.82) is 0 Å². The Morgan fingerprint density at radius 1 is 1.18 bits per heavy atom. The molecule has 6 rings (SSSR count). The number of hydrogen-bond donors (Lipinski definition) is 1.